The van der Waals surface area contributed by atoms with Crippen LogP contribution >= 0.6 is 35.2 Å². The van der Waals surface area contributed by atoms with Gasteiger partial charge >= 0.3 is 5.97 Å². The number of carbonyl (C=O) groups is 1. The van der Waals surface area contributed by atoms with E-state index in [9.17, 15) is 4.79 Å². The quantitative estimate of drug-likeness (QED) is 0.489. The van der Waals surface area contributed by atoms with Crippen molar-refractivity contribution >= 4 is 41.2 Å². The summed E-state index contributed by atoms with van der Waals surface area (Å²) in [5.41, 5.74) is 0.555. The zero-order chi connectivity index (χ0) is 9.14. The summed E-state index contributed by atoms with van der Waals surface area (Å²) in [6.45, 7) is 0. The minimum absolute atomic E-state index is 0.318. The van der Waals surface area contributed by atoms with Gasteiger partial charge in [-0.1, -0.05) is 0 Å². The third kappa shape index (κ3) is 2.13. The lowest BCUT2D eigenvalue weighted by Gasteiger charge is -2.00. The van der Waals surface area contributed by atoms with E-state index in [1.807, 2.05) is 0 Å². The van der Waals surface area contributed by atoms with Gasteiger partial charge in [0.05, 0.1) is 12.7 Å². The second-order valence-electron chi connectivity index (χ2n) is 2.16. The van der Waals surface area contributed by atoms with E-state index in [0.29, 0.717) is 5.56 Å². The van der Waals surface area contributed by atoms with Gasteiger partial charge in [-0.05, 0) is 40.8 Å². The molecule has 0 heterocycles. The molecule has 0 aliphatic carbocycles. The predicted octanol–water partition coefficient (Wildman–Crippen LogP) is 2.37. The SMILES string of the molecule is COC(=O)c1ccc(S)c(I)c1. The summed E-state index contributed by atoms with van der Waals surface area (Å²) in [6, 6.07) is 5.21. The van der Waals surface area contributed by atoms with Crippen LogP contribution in [0, 0.1) is 3.57 Å². The van der Waals surface area contributed by atoms with Crippen molar-refractivity contribution in [1.82, 2.24) is 0 Å². The van der Waals surface area contributed by atoms with Gasteiger partial charge < -0.3 is 4.74 Å². The molecular weight excluding hydrogens is 287 g/mol. The number of rotatable bonds is 1. The monoisotopic (exact) mass is 294 g/mol. The van der Waals surface area contributed by atoms with E-state index in [4.69, 9.17) is 0 Å². The van der Waals surface area contributed by atoms with Crippen molar-refractivity contribution in [2.45, 2.75) is 4.90 Å². The van der Waals surface area contributed by atoms with E-state index in [2.05, 4.69) is 40.0 Å². The topological polar surface area (TPSA) is 26.3 Å². The van der Waals surface area contributed by atoms with Gasteiger partial charge in [-0.25, -0.2) is 4.79 Å². The normalized spacial score (nSPS) is 9.58. The molecule has 0 fully saturated rings. The van der Waals surface area contributed by atoms with Gasteiger partial charge in [-0.15, -0.1) is 12.6 Å². The summed E-state index contributed by atoms with van der Waals surface area (Å²) in [5.74, 6) is -0.318. The highest BCUT2D eigenvalue weighted by Gasteiger charge is 2.05. The van der Waals surface area contributed by atoms with Crippen molar-refractivity contribution in [2.24, 2.45) is 0 Å². The van der Waals surface area contributed by atoms with Crippen LogP contribution in [-0.2, 0) is 4.74 Å². The number of esters is 1. The van der Waals surface area contributed by atoms with Crippen LogP contribution < -0.4 is 0 Å². The van der Waals surface area contributed by atoms with Crippen LogP contribution in [0.25, 0.3) is 0 Å². The fourth-order valence-electron chi connectivity index (χ4n) is 0.752. The Balaban J connectivity index is 3.05. The van der Waals surface area contributed by atoms with Crippen LogP contribution in [0.15, 0.2) is 23.1 Å². The van der Waals surface area contributed by atoms with E-state index in [1.54, 1.807) is 18.2 Å². The molecule has 0 bridgehead atoms. The first-order chi connectivity index (χ1) is 5.65. The van der Waals surface area contributed by atoms with Crippen molar-refractivity contribution in [2.75, 3.05) is 7.11 Å². The van der Waals surface area contributed by atoms with Crippen molar-refractivity contribution in [3.63, 3.8) is 0 Å². The predicted molar refractivity (Wildman–Crippen MR) is 57.8 cm³/mol. The van der Waals surface area contributed by atoms with E-state index in [-0.39, 0.29) is 5.97 Å². The van der Waals surface area contributed by atoms with Crippen LogP contribution in [0.5, 0.6) is 0 Å². The van der Waals surface area contributed by atoms with Crippen LogP contribution in [0.4, 0.5) is 0 Å². The Bertz CT molecular complexity index is 312. The molecule has 0 radical (unpaired) electrons. The molecule has 0 aromatic heterocycles. The fourth-order valence-corrected chi connectivity index (χ4v) is 1.41. The number of ether oxygens (including phenoxy) is 1. The molecule has 0 aliphatic rings. The lowest BCUT2D eigenvalue weighted by molar-refractivity contribution is 0.0600. The molecule has 0 saturated carbocycles. The third-order valence-electron chi connectivity index (χ3n) is 1.37. The second kappa shape index (κ2) is 4.13. The smallest absolute Gasteiger partial charge is 0.337 e. The number of methoxy groups -OCH3 is 1. The Labute approximate surface area is 89.9 Å². The summed E-state index contributed by atoms with van der Waals surface area (Å²) in [5, 5.41) is 0. The molecule has 2 nitrogen and oxygen atoms in total. The first kappa shape index (κ1) is 9.85. The van der Waals surface area contributed by atoms with Gasteiger partial charge in [0.25, 0.3) is 0 Å². The Kier molecular flexibility index (Phi) is 3.39. The van der Waals surface area contributed by atoms with E-state index < -0.39 is 0 Å². The van der Waals surface area contributed by atoms with Crippen molar-refractivity contribution in [3.8, 4) is 0 Å². The van der Waals surface area contributed by atoms with Crippen molar-refractivity contribution in [3.05, 3.63) is 27.3 Å². The maximum atomic E-state index is 11.0. The summed E-state index contributed by atoms with van der Waals surface area (Å²) in [7, 11) is 1.36. The molecule has 1 aromatic carbocycles. The number of hydrogen-bond donors (Lipinski definition) is 1. The third-order valence-corrected chi connectivity index (χ3v) is 3.08. The maximum absolute atomic E-state index is 11.0. The van der Waals surface area contributed by atoms with E-state index in [0.717, 1.165) is 8.47 Å². The zero-order valence-electron chi connectivity index (χ0n) is 6.37. The Hall–Kier alpha value is -0.230. The number of hydrogen-bond acceptors (Lipinski definition) is 3. The second-order valence-corrected chi connectivity index (χ2v) is 3.80. The first-order valence-electron chi connectivity index (χ1n) is 3.22. The molecule has 1 aromatic rings. The molecule has 64 valence electrons. The summed E-state index contributed by atoms with van der Waals surface area (Å²) < 4.78 is 5.51. The largest absolute Gasteiger partial charge is 0.465 e. The van der Waals surface area contributed by atoms with Crippen LogP contribution in [0.1, 0.15) is 10.4 Å². The lowest BCUT2D eigenvalue weighted by Crippen LogP contribution is -2.01. The highest BCUT2D eigenvalue weighted by Crippen LogP contribution is 2.17. The van der Waals surface area contributed by atoms with Crippen molar-refractivity contribution < 1.29 is 9.53 Å². The molecule has 12 heavy (non-hydrogen) atoms. The number of thiol groups is 1. The first-order valence-corrected chi connectivity index (χ1v) is 4.74. The molecule has 0 amide bonds. The Morgan fingerprint density at radius 2 is 2.25 bits per heavy atom. The molecule has 4 heteroatoms. The summed E-state index contributed by atoms with van der Waals surface area (Å²) in [4.78, 5) is 11.9. The average molecular weight is 294 g/mol. The molecule has 0 spiro atoms. The summed E-state index contributed by atoms with van der Waals surface area (Å²) in [6.07, 6.45) is 0. The lowest BCUT2D eigenvalue weighted by atomic mass is 10.2. The number of benzene rings is 1. The molecular formula is C8H7IO2S. The maximum Gasteiger partial charge on any atom is 0.337 e. The van der Waals surface area contributed by atoms with Gasteiger partial charge in [0, 0.05) is 8.47 Å². The van der Waals surface area contributed by atoms with Crippen molar-refractivity contribution in [1.29, 1.82) is 0 Å². The minimum Gasteiger partial charge on any atom is -0.465 e. The minimum atomic E-state index is -0.318. The van der Waals surface area contributed by atoms with Gasteiger partial charge in [0.2, 0.25) is 0 Å². The summed E-state index contributed by atoms with van der Waals surface area (Å²) >= 11 is 6.30. The number of carbonyl (C=O) groups excluding carboxylic acids is 1. The van der Waals surface area contributed by atoms with Crippen LogP contribution in [-0.4, -0.2) is 13.1 Å². The number of halogens is 1. The molecule has 0 saturated heterocycles. The highest BCUT2D eigenvalue weighted by molar-refractivity contribution is 14.1. The van der Waals surface area contributed by atoms with Crippen LogP contribution in [0.2, 0.25) is 0 Å². The van der Waals surface area contributed by atoms with Gasteiger partial charge in [-0.2, -0.15) is 0 Å². The average Bonchev–Trinajstić information content (AvgIpc) is 2.08. The Morgan fingerprint density at radius 1 is 1.58 bits per heavy atom. The molecule has 0 atom stereocenters. The molecule has 0 unspecified atom stereocenters. The standard InChI is InChI=1S/C8H7IO2S/c1-11-8(10)5-2-3-7(12)6(9)4-5/h2-4,12H,1H3. The fraction of sp³-hybridized carbons (Fsp3) is 0.125. The van der Waals surface area contributed by atoms with Gasteiger partial charge in [-0.3, -0.25) is 0 Å². The molecule has 0 aliphatic heterocycles. The van der Waals surface area contributed by atoms with E-state index in [1.165, 1.54) is 7.11 Å². The van der Waals surface area contributed by atoms with Gasteiger partial charge in [0.1, 0.15) is 0 Å². The van der Waals surface area contributed by atoms with E-state index >= 15 is 0 Å². The molecule has 0 N–H and O–H groups in total. The molecule has 1 rings (SSSR count). The Morgan fingerprint density at radius 3 is 2.75 bits per heavy atom. The van der Waals surface area contributed by atoms with Crippen LogP contribution in [0.3, 0.4) is 0 Å². The highest BCUT2D eigenvalue weighted by atomic mass is 127. The zero-order valence-corrected chi connectivity index (χ0v) is 9.43. The van der Waals surface area contributed by atoms with Gasteiger partial charge in [0.15, 0.2) is 0 Å².